The van der Waals surface area contributed by atoms with Crippen molar-refractivity contribution in [1.29, 1.82) is 0 Å². The fourth-order valence-electron chi connectivity index (χ4n) is 4.18. The zero-order chi connectivity index (χ0) is 24.8. The molecule has 1 saturated heterocycles. The number of hydrogen-bond donors (Lipinski definition) is 2. The molecule has 3 aromatic rings. The first-order valence-corrected chi connectivity index (χ1v) is 14.0. The first-order chi connectivity index (χ1) is 16.9. The summed E-state index contributed by atoms with van der Waals surface area (Å²) in [5.41, 5.74) is 0.976. The molecule has 2 aromatic heterocycles. The van der Waals surface area contributed by atoms with E-state index in [4.69, 9.17) is 14.7 Å². The fraction of sp³-hybridized carbons (Fsp3) is 0.480. The van der Waals surface area contributed by atoms with Crippen LogP contribution in [0.25, 0.3) is 0 Å². The minimum atomic E-state index is 0.627. The third-order valence-electron chi connectivity index (χ3n) is 6.15. The van der Waals surface area contributed by atoms with Crippen LogP contribution >= 0.6 is 23.5 Å². The summed E-state index contributed by atoms with van der Waals surface area (Å²) in [7, 11) is 5.97. The second-order valence-corrected chi connectivity index (χ2v) is 11.0. The summed E-state index contributed by atoms with van der Waals surface area (Å²) in [6.07, 6.45) is 5.63. The number of piperidine rings is 1. The van der Waals surface area contributed by atoms with Gasteiger partial charge in [0.05, 0.1) is 7.11 Å². The van der Waals surface area contributed by atoms with Crippen molar-refractivity contribution in [3.8, 4) is 5.75 Å². The summed E-state index contributed by atoms with van der Waals surface area (Å²) in [5.74, 6) is 3.57. The van der Waals surface area contributed by atoms with E-state index in [-0.39, 0.29) is 0 Å². The Hall–Kier alpha value is -2.43. The predicted octanol–water partition coefficient (Wildman–Crippen LogP) is 5.30. The lowest BCUT2D eigenvalue weighted by Gasteiger charge is -2.34. The molecule has 0 amide bonds. The summed E-state index contributed by atoms with van der Waals surface area (Å²) in [4.78, 5) is 16.8. The number of aryl methyl sites for hydroxylation is 1. The van der Waals surface area contributed by atoms with Crippen LogP contribution in [-0.4, -0.2) is 72.2 Å². The number of anilines is 3. The first kappa shape index (κ1) is 25.7. The first-order valence-electron chi connectivity index (χ1n) is 11.9. The van der Waals surface area contributed by atoms with E-state index in [2.05, 4.69) is 69.9 Å². The summed E-state index contributed by atoms with van der Waals surface area (Å²) in [6, 6.07) is 10.4. The molecule has 0 saturated carbocycles. The van der Waals surface area contributed by atoms with Gasteiger partial charge in [-0.05, 0) is 95.0 Å². The van der Waals surface area contributed by atoms with Crippen LogP contribution < -0.4 is 15.0 Å². The molecule has 3 heterocycles. The van der Waals surface area contributed by atoms with Gasteiger partial charge in [-0.25, -0.2) is 9.97 Å². The number of aromatic amines is 1. The van der Waals surface area contributed by atoms with E-state index in [0.717, 1.165) is 54.8 Å². The van der Waals surface area contributed by atoms with Crippen molar-refractivity contribution in [1.82, 2.24) is 25.1 Å². The van der Waals surface area contributed by atoms with Crippen molar-refractivity contribution in [2.24, 2.45) is 5.92 Å². The lowest BCUT2D eigenvalue weighted by atomic mass is 9.93. The maximum Gasteiger partial charge on any atom is 0.204 e. The molecule has 0 spiro atoms. The minimum absolute atomic E-state index is 0.627. The van der Waals surface area contributed by atoms with Gasteiger partial charge in [0.1, 0.15) is 0 Å². The quantitative estimate of drug-likeness (QED) is 0.277. The van der Waals surface area contributed by atoms with E-state index in [9.17, 15) is 0 Å². The molecule has 188 valence electrons. The minimum Gasteiger partial charge on any atom is -0.490 e. The Morgan fingerprint density at radius 1 is 1.14 bits per heavy atom. The molecule has 1 aliphatic rings. The second kappa shape index (κ2) is 12.0. The average molecular weight is 514 g/mol. The number of aromatic nitrogens is 4. The van der Waals surface area contributed by atoms with Crippen molar-refractivity contribution < 1.29 is 4.74 Å². The van der Waals surface area contributed by atoms with Crippen LogP contribution in [0.3, 0.4) is 0 Å². The third-order valence-corrected chi connectivity index (χ3v) is 7.77. The van der Waals surface area contributed by atoms with Crippen molar-refractivity contribution in [3.63, 3.8) is 0 Å². The predicted molar refractivity (Wildman–Crippen MR) is 146 cm³/mol. The van der Waals surface area contributed by atoms with Crippen molar-refractivity contribution in [2.45, 2.75) is 41.1 Å². The summed E-state index contributed by atoms with van der Waals surface area (Å²) < 4.78 is 5.86. The summed E-state index contributed by atoms with van der Waals surface area (Å²) in [6.45, 7) is 5.02. The van der Waals surface area contributed by atoms with Crippen LogP contribution in [0.2, 0.25) is 0 Å². The third kappa shape index (κ3) is 6.83. The Labute approximate surface area is 216 Å². The van der Waals surface area contributed by atoms with Gasteiger partial charge in [0, 0.05) is 34.6 Å². The van der Waals surface area contributed by atoms with Crippen LogP contribution in [0.5, 0.6) is 5.75 Å². The van der Waals surface area contributed by atoms with E-state index in [1.807, 2.05) is 13.0 Å². The Balaban J connectivity index is 1.61. The highest BCUT2D eigenvalue weighted by Gasteiger charge is 2.26. The smallest absolute Gasteiger partial charge is 0.204 e. The van der Waals surface area contributed by atoms with Crippen molar-refractivity contribution in [2.75, 3.05) is 57.3 Å². The van der Waals surface area contributed by atoms with Gasteiger partial charge in [0.2, 0.25) is 5.75 Å². The van der Waals surface area contributed by atoms with Gasteiger partial charge in [0.25, 0.3) is 0 Å². The number of hydrogen-bond acceptors (Lipinski definition) is 9. The highest BCUT2D eigenvalue weighted by atomic mass is 32.2. The molecule has 0 unspecified atom stereocenters. The number of thioether (sulfide) groups is 1. The highest BCUT2D eigenvalue weighted by molar-refractivity contribution is 7.99. The van der Waals surface area contributed by atoms with Gasteiger partial charge in [-0.1, -0.05) is 0 Å². The molecule has 0 bridgehead atoms. The molecular formula is C25H35N7OS2. The summed E-state index contributed by atoms with van der Waals surface area (Å²) >= 11 is 3.29. The van der Waals surface area contributed by atoms with Gasteiger partial charge in [-0.3, -0.25) is 5.10 Å². The maximum atomic E-state index is 5.86. The lowest BCUT2D eigenvalue weighted by Crippen LogP contribution is -2.35. The molecule has 0 atom stereocenters. The van der Waals surface area contributed by atoms with Gasteiger partial charge in [-0.15, -0.1) is 11.8 Å². The van der Waals surface area contributed by atoms with Crippen LogP contribution in [0.4, 0.5) is 17.5 Å². The van der Waals surface area contributed by atoms with Crippen LogP contribution in [-0.2, 0) is 0 Å². The largest absolute Gasteiger partial charge is 0.490 e. The Kier molecular flexibility index (Phi) is 8.80. The topological polar surface area (TPSA) is 82.2 Å². The molecule has 1 fully saturated rings. The molecule has 35 heavy (non-hydrogen) atoms. The molecule has 1 aliphatic heterocycles. The summed E-state index contributed by atoms with van der Waals surface area (Å²) in [5, 5.41) is 11.3. The van der Waals surface area contributed by atoms with Gasteiger partial charge in [0.15, 0.2) is 22.6 Å². The Morgan fingerprint density at radius 3 is 2.46 bits per heavy atom. The lowest BCUT2D eigenvalue weighted by molar-refractivity contribution is 0.311. The SMILES string of the molecule is COc1c(Nc2cc(C)[nH]n2)nc(Sc2ccc(SC)cc2)nc1N1CCC(CCN(C)C)CC1. The van der Waals surface area contributed by atoms with E-state index < -0.39 is 0 Å². The number of benzene rings is 1. The second-order valence-electron chi connectivity index (χ2n) is 9.07. The standard InChI is InChI=1S/C25H35N7OS2/c1-17-16-21(30-29-17)26-23-22(33-4)24(32-14-11-18(12-15-32)10-13-31(2)3)28-25(27-23)35-20-8-6-19(34-5)7-9-20/h6-9,16,18H,10-15H2,1-5H3,(H2,26,27,28,29,30). The number of ether oxygens (including phenoxy) is 1. The number of nitrogens with zero attached hydrogens (tertiary/aromatic N) is 5. The molecule has 4 rings (SSSR count). The molecule has 10 heteroatoms. The van der Waals surface area contributed by atoms with Crippen LogP contribution in [0.15, 0.2) is 45.3 Å². The zero-order valence-corrected chi connectivity index (χ0v) is 22.8. The van der Waals surface area contributed by atoms with E-state index >= 15 is 0 Å². The number of nitrogens with one attached hydrogen (secondary N) is 2. The Morgan fingerprint density at radius 2 is 1.86 bits per heavy atom. The molecule has 0 aliphatic carbocycles. The molecule has 0 radical (unpaired) electrons. The number of methoxy groups -OCH3 is 1. The number of rotatable bonds is 10. The average Bonchev–Trinajstić information content (AvgIpc) is 3.27. The van der Waals surface area contributed by atoms with Gasteiger partial charge >= 0.3 is 0 Å². The molecular weight excluding hydrogens is 478 g/mol. The molecule has 8 nitrogen and oxygen atoms in total. The Bertz CT molecular complexity index is 1100. The monoisotopic (exact) mass is 513 g/mol. The van der Waals surface area contributed by atoms with Crippen molar-refractivity contribution in [3.05, 3.63) is 36.0 Å². The zero-order valence-electron chi connectivity index (χ0n) is 21.2. The van der Waals surface area contributed by atoms with E-state index in [1.54, 1.807) is 30.6 Å². The van der Waals surface area contributed by atoms with Crippen LogP contribution in [0, 0.1) is 12.8 Å². The normalized spacial score (nSPS) is 14.5. The maximum absolute atomic E-state index is 5.86. The molecule has 2 N–H and O–H groups in total. The number of H-pyrrole nitrogens is 1. The van der Waals surface area contributed by atoms with E-state index in [1.165, 1.54) is 11.3 Å². The highest BCUT2D eigenvalue weighted by Crippen LogP contribution is 2.39. The van der Waals surface area contributed by atoms with Gasteiger partial charge < -0.3 is 19.9 Å². The molecule has 1 aromatic carbocycles. The fourth-order valence-corrected chi connectivity index (χ4v) is 5.34. The van der Waals surface area contributed by atoms with Crippen LogP contribution in [0.1, 0.15) is 25.0 Å². The van der Waals surface area contributed by atoms with E-state index in [0.29, 0.717) is 22.5 Å². The van der Waals surface area contributed by atoms with Crippen molar-refractivity contribution >= 4 is 41.0 Å². The van der Waals surface area contributed by atoms with Gasteiger partial charge in [-0.2, -0.15) is 5.10 Å².